The molecular formula is C23H24N2O4S. The average Bonchev–Trinajstić information content (AvgIpc) is 3.57. The van der Waals surface area contributed by atoms with Crippen molar-refractivity contribution in [1.82, 2.24) is 10.3 Å². The van der Waals surface area contributed by atoms with Crippen LogP contribution >= 0.6 is 0 Å². The van der Waals surface area contributed by atoms with Crippen molar-refractivity contribution in [3.63, 3.8) is 0 Å². The van der Waals surface area contributed by atoms with Crippen molar-refractivity contribution in [3.05, 3.63) is 65.4 Å². The third-order valence-corrected chi connectivity index (χ3v) is 6.56. The number of rotatable bonds is 6. The average molecular weight is 425 g/mol. The number of sulfone groups is 1. The van der Waals surface area contributed by atoms with E-state index in [1.807, 2.05) is 31.2 Å². The molecule has 1 fully saturated rings. The largest absolute Gasteiger partial charge is 0.497 e. The summed E-state index contributed by atoms with van der Waals surface area (Å²) in [5.41, 5.74) is 3.12. The second-order valence-corrected chi connectivity index (χ2v) is 9.80. The lowest BCUT2D eigenvalue weighted by atomic mass is 10.0. The second kappa shape index (κ2) is 7.72. The normalized spacial score (nSPS) is 15.0. The van der Waals surface area contributed by atoms with Crippen LogP contribution in [0.5, 0.6) is 5.75 Å². The number of pyridine rings is 1. The van der Waals surface area contributed by atoms with Crippen LogP contribution in [0.15, 0.2) is 53.4 Å². The van der Waals surface area contributed by atoms with Crippen molar-refractivity contribution in [2.45, 2.75) is 36.6 Å². The van der Waals surface area contributed by atoms with Gasteiger partial charge in [-0.05, 0) is 61.7 Å². The Kier molecular flexibility index (Phi) is 5.24. The van der Waals surface area contributed by atoms with Crippen molar-refractivity contribution in [3.8, 4) is 5.75 Å². The topological polar surface area (TPSA) is 85.4 Å². The first-order valence-electron chi connectivity index (χ1n) is 9.86. The zero-order chi connectivity index (χ0) is 21.5. The minimum atomic E-state index is -3.26. The minimum Gasteiger partial charge on any atom is -0.497 e. The van der Waals surface area contributed by atoms with Crippen LogP contribution in [0.4, 0.5) is 0 Å². The molecule has 2 aromatic carbocycles. The van der Waals surface area contributed by atoms with E-state index < -0.39 is 9.84 Å². The molecule has 30 heavy (non-hydrogen) atoms. The van der Waals surface area contributed by atoms with Crippen molar-refractivity contribution in [2.75, 3.05) is 13.4 Å². The Bertz CT molecular complexity index is 1220. The third-order valence-electron chi connectivity index (χ3n) is 5.43. The summed E-state index contributed by atoms with van der Waals surface area (Å²) in [4.78, 5) is 18.2. The SMILES string of the molecule is COc1ccc2nc(C3CC3)cc(C(=O)NC(C)c3ccc(S(C)(=O)=O)cc3)c2c1. The molecule has 0 saturated heterocycles. The molecule has 1 atom stereocenters. The summed E-state index contributed by atoms with van der Waals surface area (Å²) in [5, 5.41) is 3.78. The van der Waals surface area contributed by atoms with Gasteiger partial charge in [0.15, 0.2) is 9.84 Å². The Morgan fingerprint density at radius 1 is 1.13 bits per heavy atom. The fourth-order valence-corrected chi connectivity index (χ4v) is 4.12. The number of ether oxygens (including phenoxy) is 1. The van der Waals surface area contributed by atoms with Gasteiger partial charge in [-0.25, -0.2) is 8.42 Å². The number of hydrogen-bond donors (Lipinski definition) is 1. The lowest BCUT2D eigenvalue weighted by Crippen LogP contribution is -2.27. The molecule has 1 heterocycles. The highest BCUT2D eigenvalue weighted by Gasteiger charge is 2.27. The van der Waals surface area contributed by atoms with Gasteiger partial charge < -0.3 is 10.1 Å². The smallest absolute Gasteiger partial charge is 0.252 e. The van der Waals surface area contributed by atoms with E-state index in [4.69, 9.17) is 9.72 Å². The van der Waals surface area contributed by atoms with Gasteiger partial charge in [0.05, 0.1) is 29.1 Å². The molecule has 1 aliphatic rings. The minimum absolute atomic E-state index is 0.197. The number of carbonyl (C=O) groups excluding carboxylic acids is 1. The number of nitrogens with one attached hydrogen (secondary N) is 1. The van der Waals surface area contributed by atoms with E-state index >= 15 is 0 Å². The number of nitrogens with zero attached hydrogens (tertiary/aromatic N) is 1. The van der Waals surface area contributed by atoms with E-state index in [-0.39, 0.29) is 16.8 Å². The van der Waals surface area contributed by atoms with Crippen LogP contribution in [0.25, 0.3) is 10.9 Å². The molecule has 1 amide bonds. The molecule has 7 heteroatoms. The molecule has 1 aliphatic carbocycles. The summed E-state index contributed by atoms with van der Waals surface area (Å²) in [6, 6.07) is 13.7. The van der Waals surface area contributed by atoms with Crippen LogP contribution in [0.2, 0.25) is 0 Å². The van der Waals surface area contributed by atoms with Crippen LogP contribution < -0.4 is 10.1 Å². The Balaban J connectivity index is 1.65. The summed E-state index contributed by atoms with van der Waals surface area (Å²) < 4.78 is 28.6. The summed E-state index contributed by atoms with van der Waals surface area (Å²) in [6.07, 6.45) is 3.37. The maximum atomic E-state index is 13.2. The highest BCUT2D eigenvalue weighted by molar-refractivity contribution is 7.90. The number of amides is 1. The first kappa shape index (κ1) is 20.3. The number of carbonyl (C=O) groups is 1. The predicted octanol–water partition coefficient (Wildman–Crippen LogP) is 4.02. The highest BCUT2D eigenvalue weighted by atomic mass is 32.2. The number of methoxy groups -OCH3 is 1. The fraction of sp³-hybridized carbons (Fsp3) is 0.304. The molecule has 1 N–H and O–H groups in total. The van der Waals surface area contributed by atoms with Gasteiger partial charge in [-0.3, -0.25) is 9.78 Å². The van der Waals surface area contributed by atoms with Gasteiger partial charge >= 0.3 is 0 Å². The van der Waals surface area contributed by atoms with Crippen molar-refractivity contribution in [1.29, 1.82) is 0 Å². The molecule has 3 aromatic rings. The van der Waals surface area contributed by atoms with E-state index in [1.165, 1.54) is 6.26 Å². The number of fused-ring (bicyclic) bond motifs is 1. The van der Waals surface area contributed by atoms with Gasteiger partial charge in [0.25, 0.3) is 5.91 Å². The maximum absolute atomic E-state index is 13.2. The van der Waals surface area contributed by atoms with E-state index in [0.717, 1.165) is 35.0 Å². The van der Waals surface area contributed by atoms with Crippen LogP contribution in [-0.2, 0) is 9.84 Å². The molecule has 0 bridgehead atoms. The monoisotopic (exact) mass is 424 g/mol. The van der Waals surface area contributed by atoms with Gasteiger partial charge in [0, 0.05) is 23.3 Å². The molecule has 4 rings (SSSR count). The van der Waals surface area contributed by atoms with Crippen LogP contribution in [0.1, 0.15) is 53.3 Å². The molecule has 1 saturated carbocycles. The summed E-state index contributed by atoms with van der Waals surface area (Å²) in [7, 11) is -1.66. The maximum Gasteiger partial charge on any atom is 0.252 e. The van der Waals surface area contributed by atoms with Crippen molar-refractivity contribution >= 4 is 26.6 Å². The van der Waals surface area contributed by atoms with Crippen molar-refractivity contribution in [2.24, 2.45) is 0 Å². The molecule has 1 unspecified atom stereocenters. The highest BCUT2D eigenvalue weighted by Crippen LogP contribution is 2.40. The van der Waals surface area contributed by atoms with Gasteiger partial charge in [0.1, 0.15) is 5.75 Å². The molecule has 6 nitrogen and oxygen atoms in total. The Labute approximate surface area is 176 Å². The van der Waals surface area contributed by atoms with Gasteiger partial charge in [-0.2, -0.15) is 0 Å². The van der Waals surface area contributed by atoms with Crippen molar-refractivity contribution < 1.29 is 17.9 Å². The second-order valence-electron chi connectivity index (χ2n) is 7.79. The van der Waals surface area contributed by atoms with E-state index in [9.17, 15) is 13.2 Å². The molecular weight excluding hydrogens is 400 g/mol. The van der Waals surface area contributed by atoms with Crippen LogP contribution in [0, 0.1) is 0 Å². The zero-order valence-corrected chi connectivity index (χ0v) is 18.0. The fourth-order valence-electron chi connectivity index (χ4n) is 3.49. The molecule has 0 spiro atoms. The number of hydrogen-bond acceptors (Lipinski definition) is 5. The van der Waals surface area contributed by atoms with Gasteiger partial charge in [0.2, 0.25) is 0 Å². The Hall–Kier alpha value is -2.93. The standard InChI is InChI=1S/C23H24N2O4S/c1-14(15-6-9-18(10-7-15)30(3,27)28)24-23(26)20-13-22(16-4-5-16)25-21-11-8-17(29-2)12-19(20)21/h6-14,16H,4-5H2,1-3H3,(H,24,26). The molecule has 156 valence electrons. The lowest BCUT2D eigenvalue weighted by Gasteiger charge is -2.16. The molecule has 0 aliphatic heterocycles. The summed E-state index contributed by atoms with van der Waals surface area (Å²) in [5.74, 6) is 0.892. The van der Waals surface area contributed by atoms with Gasteiger partial charge in [-0.1, -0.05) is 12.1 Å². The zero-order valence-electron chi connectivity index (χ0n) is 17.2. The predicted molar refractivity (Wildman–Crippen MR) is 116 cm³/mol. The first-order valence-corrected chi connectivity index (χ1v) is 11.7. The quantitative estimate of drug-likeness (QED) is 0.646. The summed E-state index contributed by atoms with van der Waals surface area (Å²) in [6.45, 7) is 1.87. The van der Waals surface area contributed by atoms with Crippen LogP contribution in [0.3, 0.4) is 0 Å². The molecule has 1 aromatic heterocycles. The third kappa shape index (κ3) is 4.16. The summed E-state index contributed by atoms with van der Waals surface area (Å²) >= 11 is 0. The first-order chi connectivity index (χ1) is 14.3. The number of aromatic nitrogens is 1. The molecule has 0 radical (unpaired) electrons. The lowest BCUT2D eigenvalue weighted by molar-refractivity contribution is 0.0941. The Morgan fingerprint density at radius 2 is 1.83 bits per heavy atom. The van der Waals surface area contributed by atoms with E-state index in [0.29, 0.717) is 17.2 Å². The van der Waals surface area contributed by atoms with Gasteiger partial charge in [-0.15, -0.1) is 0 Å². The Morgan fingerprint density at radius 3 is 2.43 bits per heavy atom. The van der Waals surface area contributed by atoms with E-state index in [1.54, 1.807) is 31.4 Å². The van der Waals surface area contributed by atoms with E-state index in [2.05, 4.69) is 5.32 Å². The van der Waals surface area contributed by atoms with Crippen LogP contribution in [-0.4, -0.2) is 32.7 Å². The number of benzene rings is 2.